The molecule has 2 saturated heterocycles. The number of amides is 3. The van der Waals surface area contributed by atoms with Crippen molar-refractivity contribution in [3.05, 3.63) is 68.7 Å². The van der Waals surface area contributed by atoms with Gasteiger partial charge in [0.15, 0.2) is 0 Å². The van der Waals surface area contributed by atoms with Crippen molar-refractivity contribution >= 4 is 40.9 Å². The number of hydrogen-bond donors (Lipinski definition) is 1. The minimum atomic E-state index is -4.81. The molecule has 4 rings (SSSR count). The van der Waals surface area contributed by atoms with Crippen molar-refractivity contribution < 1.29 is 31.9 Å². The smallest absolute Gasteiger partial charge is 0.349 e. The topological polar surface area (TPSA) is 69.7 Å². The number of rotatable bonds is 5. The van der Waals surface area contributed by atoms with Crippen LogP contribution in [0.5, 0.6) is 0 Å². The zero-order valence-corrected chi connectivity index (χ0v) is 23.3. The number of hydrogen-bond acceptors (Lipinski definition) is 3. The molecule has 3 amide bonds. The van der Waals surface area contributed by atoms with Crippen molar-refractivity contribution in [2.75, 3.05) is 26.2 Å². The largest absolute Gasteiger partial charge is 0.416 e. The molecule has 2 aromatic rings. The van der Waals surface area contributed by atoms with Crippen LogP contribution in [0, 0.1) is 5.92 Å². The molecule has 0 saturated carbocycles. The highest BCUT2D eigenvalue weighted by molar-refractivity contribution is 6.42. The number of carbonyl (C=O) groups is 3. The normalized spacial score (nSPS) is 20.4. The summed E-state index contributed by atoms with van der Waals surface area (Å²) >= 11 is 12.4. The van der Waals surface area contributed by atoms with Gasteiger partial charge in [0.1, 0.15) is 6.67 Å². The van der Waals surface area contributed by atoms with Crippen molar-refractivity contribution in [1.29, 1.82) is 0 Å². The first kappa shape index (κ1) is 30.1. The molecule has 0 spiro atoms. The molecule has 2 aliphatic rings. The highest BCUT2D eigenvalue weighted by atomic mass is 35.5. The second kappa shape index (κ2) is 12.3. The first-order valence-electron chi connectivity index (χ1n) is 12.9. The molecule has 2 heterocycles. The summed E-state index contributed by atoms with van der Waals surface area (Å²) in [5.74, 6) is -1.44. The maximum Gasteiger partial charge on any atom is 0.416 e. The van der Waals surface area contributed by atoms with Crippen LogP contribution in [0.2, 0.25) is 10.0 Å². The lowest BCUT2D eigenvalue weighted by Gasteiger charge is -2.41. The lowest BCUT2D eigenvalue weighted by atomic mass is 9.84. The minimum absolute atomic E-state index is 0.0242. The number of likely N-dealkylation sites (tertiary alicyclic amines) is 2. The Bertz CT molecular complexity index is 1280. The fraction of sp³-hybridized carbons (Fsp3) is 0.464. The first-order chi connectivity index (χ1) is 18.9. The molecule has 2 unspecified atom stereocenters. The first-order valence-corrected chi connectivity index (χ1v) is 13.7. The van der Waals surface area contributed by atoms with Crippen molar-refractivity contribution in [3.63, 3.8) is 0 Å². The standard InChI is InChI=1S/C28H29Cl2F4N3O3/c1-16(38)36-9-6-17(7-10-36)27(40)37-11-8-25(21(15-37)18-4-5-23(29)24(30)13-18)35-26(39)19-2-3-20(14-31)22(12-19)28(32,33)34/h2-5,12-13,17,21,25H,6-11,14-15H2,1H3,(H,35,39). The van der Waals surface area contributed by atoms with E-state index in [1.807, 2.05) is 0 Å². The van der Waals surface area contributed by atoms with Crippen LogP contribution in [0.25, 0.3) is 0 Å². The zero-order chi connectivity index (χ0) is 29.2. The molecule has 216 valence electrons. The van der Waals surface area contributed by atoms with Crippen LogP contribution in [0.4, 0.5) is 17.6 Å². The molecular formula is C28H29Cl2F4N3O3. The van der Waals surface area contributed by atoms with Gasteiger partial charge < -0.3 is 15.1 Å². The maximum absolute atomic E-state index is 13.4. The van der Waals surface area contributed by atoms with Gasteiger partial charge in [0, 0.05) is 56.5 Å². The lowest BCUT2D eigenvalue weighted by Crippen LogP contribution is -2.53. The van der Waals surface area contributed by atoms with E-state index in [2.05, 4.69) is 5.32 Å². The van der Waals surface area contributed by atoms with E-state index in [0.717, 1.165) is 6.07 Å². The second-order valence-corrected chi connectivity index (χ2v) is 11.0. The third-order valence-corrected chi connectivity index (χ3v) is 8.46. The Morgan fingerprint density at radius 2 is 1.62 bits per heavy atom. The number of benzene rings is 2. The Morgan fingerprint density at radius 3 is 2.23 bits per heavy atom. The Balaban J connectivity index is 1.55. The predicted octanol–water partition coefficient (Wildman–Crippen LogP) is 5.85. The predicted molar refractivity (Wildman–Crippen MR) is 143 cm³/mol. The summed E-state index contributed by atoms with van der Waals surface area (Å²) in [7, 11) is 0. The summed E-state index contributed by atoms with van der Waals surface area (Å²) in [5, 5.41) is 3.46. The SMILES string of the molecule is CC(=O)N1CCC(C(=O)N2CCC(NC(=O)c3ccc(CF)c(C(F)(F)F)c3)C(c3ccc(Cl)c(Cl)c3)C2)CC1. The molecule has 0 bridgehead atoms. The van der Waals surface area contributed by atoms with Crippen LogP contribution >= 0.6 is 23.2 Å². The summed E-state index contributed by atoms with van der Waals surface area (Å²) in [5.41, 5.74) is -1.26. The Morgan fingerprint density at radius 1 is 0.950 bits per heavy atom. The summed E-state index contributed by atoms with van der Waals surface area (Å²) in [6.45, 7) is 1.80. The average molecular weight is 602 g/mol. The number of carbonyl (C=O) groups excluding carboxylic acids is 3. The van der Waals surface area contributed by atoms with Gasteiger partial charge in [-0.25, -0.2) is 4.39 Å². The van der Waals surface area contributed by atoms with Crippen molar-refractivity contribution in [2.24, 2.45) is 5.92 Å². The van der Waals surface area contributed by atoms with E-state index in [0.29, 0.717) is 60.6 Å². The second-order valence-electron chi connectivity index (χ2n) is 10.2. The molecule has 40 heavy (non-hydrogen) atoms. The van der Waals surface area contributed by atoms with Crippen LogP contribution < -0.4 is 5.32 Å². The van der Waals surface area contributed by atoms with E-state index in [1.54, 1.807) is 28.0 Å². The van der Waals surface area contributed by atoms with Gasteiger partial charge in [0.05, 0.1) is 15.6 Å². The fourth-order valence-corrected chi connectivity index (χ4v) is 5.76. The van der Waals surface area contributed by atoms with Crippen LogP contribution in [-0.2, 0) is 22.4 Å². The molecular weight excluding hydrogens is 573 g/mol. The number of nitrogens with one attached hydrogen (secondary N) is 1. The van der Waals surface area contributed by atoms with E-state index in [-0.39, 0.29) is 29.8 Å². The lowest BCUT2D eigenvalue weighted by molar-refractivity contribution is -0.141. The molecule has 0 radical (unpaired) electrons. The highest BCUT2D eigenvalue weighted by Crippen LogP contribution is 2.35. The van der Waals surface area contributed by atoms with Crippen LogP contribution in [-0.4, -0.2) is 59.7 Å². The molecule has 2 aliphatic heterocycles. The van der Waals surface area contributed by atoms with Crippen LogP contribution in [0.15, 0.2) is 36.4 Å². The fourth-order valence-electron chi connectivity index (χ4n) is 5.46. The Hall–Kier alpha value is -2.85. The average Bonchev–Trinajstić information content (AvgIpc) is 2.93. The van der Waals surface area contributed by atoms with Gasteiger partial charge in [-0.05, 0) is 54.7 Å². The zero-order valence-electron chi connectivity index (χ0n) is 21.7. The van der Waals surface area contributed by atoms with Gasteiger partial charge in [-0.1, -0.05) is 35.3 Å². The minimum Gasteiger partial charge on any atom is -0.349 e. The molecule has 2 fully saturated rings. The van der Waals surface area contributed by atoms with E-state index < -0.39 is 41.8 Å². The van der Waals surface area contributed by atoms with Crippen molar-refractivity contribution in [1.82, 2.24) is 15.1 Å². The van der Waals surface area contributed by atoms with E-state index in [9.17, 15) is 31.9 Å². The number of nitrogens with zero attached hydrogens (tertiary/aromatic N) is 2. The molecule has 1 N–H and O–H groups in total. The quantitative estimate of drug-likeness (QED) is 0.437. The van der Waals surface area contributed by atoms with Crippen molar-refractivity contribution in [3.8, 4) is 0 Å². The van der Waals surface area contributed by atoms with Gasteiger partial charge in [0.25, 0.3) is 5.91 Å². The maximum atomic E-state index is 13.4. The molecule has 6 nitrogen and oxygen atoms in total. The van der Waals surface area contributed by atoms with Gasteiger partial charge in [-0.15, -0.1) is 0 Å². The molecule has 0 aromatic heterocycles. The van der Waals surface area contributed by atoms with Crippen LogP contribution in [0.3, 0.4) is 0 Å². The monoisotopic (exact) mass is 601 g/mol. The Labute approximate surface area is 239 Å². The number of halogens is 6. The third-order valence-electron chi connectivity index (χ3n) is 7.72. The van der Waals surface area contributed by atoms with Gasteiger partial charge >= 0.3 is 6.18 Å². The number of alkyl halides is 4. The van der Waals surface area contributed by atoms with Gasteiger partial charge in [-0.2, -0.15) is 13.2 Å². The van der Waals surface area contributed by atoms with Crippen LogP contribution in [0.1, 0.15) is 59.2 Å². The molecule has 2 atom stereocenters. The van der Waals surface area contributed by atoms with E-state index in [1.165, 1.54) is 13.0 Å². The summed E-state index contributed by atoms with van der Waals surface area (Å²) in [6, 6.07) is 7.28. The summed E-state index contributed by atoms with van der Waals surface area (Å²) < 4.78 is 53.5. The molecule has 0 aliphatic carbocycles. The summed E-state index contributed by atoms with van der Waals surface area (Å²) in [6.07, 6.45) is -3.35. The van der Waals surface area contributed by atoms with Gasteiger partial charge in [0.2, 0.25) is 11.8 Å². The van der Waals surface area contributed by atoms with Gasteiger partial charge in [-0.3, -0.25) is 14.4 Å². The molecule has 12 heteroatoms. The Kier molecular flexibility index (Phi) is 9.29. The highest BCUT2D eigenvalue weighted by Gasteiger charge is 2.38. The summed E-state index contributed by atoms with van der Waals surface area (Å²) in [4.78, 5) is 41.6. The van der Waals surface area contributed by atoms with E-state index in [4.69, 9.17) is 23.2 Å². The third kappa shape index (κ3) is 6.71. The van der Waals surface area contributed by atoms with E-state index >= 15 is 0 Å². The molecule has 2 aromatic carbocycles. The number of piperidine rings is 2. The van der Waals surface area contributed by atoms with Crippen molar-refractivity contribution in [2.45, 2.75) is 51.0 Å².